The standard InChI is InChI=1S/C19H22N2O5/c22-15(13-26-18-8-4-3-7-17(18)21(23)24)11-20-12-19-16-6-2-1-5-14(16)9-10-25-19/h1-8,15,19-20,22H,9-13H2/p+1/t15-,19-/m0/s1. The van der Waals surface area contributed by atoms with E-state index in [1.54, 1.807) is 12.1 Å². The largest absolute Gasteiger partial charge is 0.484 e. The maximum absolute atomic E-state index is 11.0. The van der Waals surface area contributed by atoms with Crippen LogP contribution in [0, 0.1) is 10.1 Å². The summed E-state index contributed by atoms with van der Waals surface area (Å²) in [5, 5.41) is 23.0. The molecule has 0 radical (unpaired) electrons. The molecular weight excluding hydrogens is 336 g/mol. The Morgan fingerprint density at radius 3 is 2.88 bits per heavy atom. The summed E-state index contributed by atoms with van der Waals surface area (Å²) in [5.74, 6) is 0.168. The predicted octanol–water partition coefficient (Wildman–Crippen LogP) is 1.21. The topological polar surface area (TPSA) is 98.4 Å². The molecule has 0 saturated carbocycles. The summed E-state index contributed by atoms with van der Waals surface area (Å²) in [7, 11) is 0. The van der Waals surface area contributed by atoms with Crippen LogP contribution in [0.1, 0.15) is 17.2 Å². The summed E-state index contributed by atoms with van der Waals surface area (Å²) in [6.07, 6.45) is 0.218. The van der Waals surface area contributed by atoms with Gasteiger partial charge < -0.3 is 19.9 Å². The summed E-state index contributed by atoms with van der Waals surface area (Å²) >= 11 is 0. The van der Waals surface area contributed by atoms with Crippen LogP contribution in [0.5, 0.6) is 5.75 Å². The van der Waals surface area contributed by atoms with Gasteiger partial charge in [-0.3, -0.25) is 10.1 Å². The first-order valence-corrected chi connectivity index (χ1v) is 8.70. The minimum atomic E-state index is -0.728. The van der Waals surface area contributed by atoms with Crippen LogP contribution in [-0.4, -0.2) is 42.4 Å². The third-order valence-electron chi connectivity index (χ3n) is 4.41. The lowest BCUT2D eigenvalue weighted by atomic mass is 9.97. The van der Waals surface area contributed by atoms with E-state index < -0.39 is 11.0 Å². The number of nitro groups is 1. The molecule has 0 spiro atoms. The highest BCUT2D eigenvalue weighted by atomic mass is 16.6. The number of fused-ring (bicyclic) bond motifs is 1. The zero-order valence-electron chi connectivity index (χ0n) is 14.4. The summed E-state index contributed by atoms with van der Waals surface area (Å²) in [4.78, 5) is 10.5. The molecule has 2 aromatic rings. The quantitative estimate of drug-likeness (QED) is 0.545. The van der Waals surface area contributed by atoms with Crippen LogP contribution in [0.3, 0.4) is 0 Å². The highest BCUT2D eigenvalue weighted by Gasteiger charge is 2.22. The van der Waals surface area contributed by atoms with Crippen molar-refractivity contribution in [3.63, 3.8) is 0 Å². The molecule has 0 aromatic heterocycles. The smallest absolute Gasteiger partial charge is 0.310 e. The first-order valence-electron chi connectivity index (χ1n) is 8.70. The van der Waals surface area contributed by atoms with Crippen LogP contribution in [0.25, 0.3) is 0 Å². The van der Waals surface area contributed by atoms with Crippen molar-refractivity contribution in [2.75, 3.05) is 26.3 Å². The minimum Gasteiger partial charge on any atom is -0.484 e. The van der Waals surface area contributed by atoms with Gasteiger partial charge in [-0.25, -0.2) is 0 Å². The lowest BCUT2D eigenvalue weighted by Crippen LogP contribution is -2.87. The minimum absolute atomic E-state index is 0.00344. The van der Waals surface area contributed by atoms with E-state index in [1.165, 1.54) is 23.3 Å². The van der Waals surface area contributed by atoms with Gasteiger partial charge in [0, 0.05) is 6.07 Å². The maximum Gasteiger partial charge on any atom is 0.310 e. The number of hydrogen-bond donors (Lipinski definition) is 2. The van der Waals surface area contributed by atoms with E-state index in [0.717, 1.165) is 6.42 Å². The number of rotatable bonds is 8. The van der Waals surface area contributed by atoms with Gasteiger partial charge in [0.25, 0.3) is 0 Å². The monoisotopic (exact) mass is 359 g/mol. The van der Waals surface area contributed by atoms with Gasteiger partial charge in [-0.15, -0.1) is 0 Å². The molecule has 3 N–H and O–H groups in total. The van der Waals surface area contributed by atoms with Crippen molar-refractivity contribution in [3.8, 4) is 5.75 Å². The van der Waals surface area contributed by atoms with E-state index in [1.807, 2.05) is 17.4 Å². The summed E-state index contributed by atoms with van der Waals surface area (Å²) in [5.41, 5.74) is 2.42. The van der Waals surface area contributed by atoms with Gasteiger partial charge in [0.1, 0.15) is 31.9 Å². The highest BCUT2D eigenvalue weighted by molar-refractivity contribution is 5.45. The van der Waals surface area contributed by atoms with E-state index in [4.69, 9.17) is 9.47 Å². The van der Waals surface area contributed by atoms with Crippen LogP contribution < -0.4 is 10.1 Å². The number of nitrogens with two attached hydrogens (primary N) is 1. The van der Waals surface area contributed by atoms with E-state index >= 15 is 0 Å². The molecule has 7 nitrogen and oxygen atoms in total. The van der Waals surface area contributed by atoms with Gasteiger partial charge in [0.2, 0.25) is 0 Å². The van der Waals surface area contributed by atoms with Crippen LogP contribution in [-0.2, 0) is 11.2 Å². The van der Waals surface area contributed by atoms with Crippen molar-refractivity contribution in [1.82, 2.24) is 0 Å². The van der Waals surface area contributed by atoms with E-state index in [-0.39, 0.29) is 24.1 Å². The number of nitrogens with zero attached hydrogens (tertiary/aromatic N) is 1. The van der Waals surface area contributed by atoms with E-state index in [2.05, 4.69) is 12.1 Å². The van der Waals surface area contributed by atoms with Gasteiger partial charge >= 0.3 is 5.69 Å². The number of para-hydroxylation sites is 2. The normalized spacial score (nSPS) is 17.3. The molecule has 2 aromatic carbocycles. The summed E-state index contributed by atoms with van der Waals surface area (Å²) < 4.78 is 11.3. The lowest BCUT2D eigenvalue weighted by molar-refractivity contribution is -0.668. The zero-order valence-corrected chi connectivity index (χ0v) is 14.4. The fourth-order valence-electron chi connectivity index (χ4n) is 3.10. The molecule has 0 aliphatic carbocycles. The molecule has 0 saturated heterocycles. The third kappa shape index (κ3) is 4.57. The van der Waals surface area contributed by atoms with Gasteiger partial charge in [-0.2, -0.15) is 0 Å². The Hall–Kier alpha value is -2.48. The predicted molar refractivity (Wildman–Crippen MR) is 95.1 cm³/mol. The number of nitro benzene ring substituents is 1. The van der Waals surface area contributed by atoms with Crippen LogP contribution >= 0.6 is 0 Å². The lowest BCUT2D eigenvalue weighted by Gasteiger charge is -2.25. The molecule has 3 rings (SSSR count). The second-order valence-corrected chi connectivity index (χ2v) is 6.26. The number of hydrogen-bond acceptors (Lipinski definition) is 5. The van der Waals surface area contributed by atoms with Crippen molar-refractivity contribution in [3.05, 3.63) is 69.8 Å². The molecule has 7 heteroatoms. The Morgan fingerprint density at radius 1 is 1.27 bits per heavy atom. The zero-order chi connectivity index (χ0) is 18.4. The fourth-order valence-corrected chi connectivity index (χ4v) is 3.10. The second kappa shape index (κ2) is 8.75. The number of quaternary nitrogens is 1. The van der Waals surface area contributed by atoms with Crippen LogP contribution in [0.15, 0.2) is 48.5 Å². The summed E-state index contributed by atoms with van der Waals surface area (Å²) in [6.45, 7) is 1.85. The molecule has 0 unspecified atom stereocenters. The Kier molecular flexibility index (Phi) is 6.17. The Bertz CT molecular complexity index is 752. The van der Waals surface area contributed by atoms with E-state index in [0.29, 0.717) is 19.7 Å². The first kappa shape index (κ1) is 18.3. The molecule has 1 heterocycles. The molecule has 1 aliphatic rings. The van der Waals surface area contributed by atoms with Crippen molar-refractivity contribution in [1.29, 1.82) is 0 Å². The average Bonchev–Trinajstić information content (AvgIpc) is 2.66. The Balaban J connectivity index is 1.46. The molecule has 1 aliphatic heterocycles. The summed E-state index contributed by atoms with van der Waals surface area (Å²) in [6, 6.07) is 14.4. The Morgan fingerprint density at radius 2 is 2.04 bits per heavy atom. The molecular formula is C19H23N2O5+. The van der Waals surface area contributed by atoms with Gasteiger partial charge in [0.15, 0.2) is 5.75 Å². The second-order valence-electron chi connectivity index (χ2n) is 6.26. The molecule has 138 valence electrons. The maximum atomic E-state index is 11.0. The Labute approximate surface area is 151 Å². The first-order chi connectivity index (χ1) is 12.6. The molecule has 0 fully saturated rings. The van der Waals surface area contributed by atoms with Crippen molar-refractivity contribution < 1.29 is 24.8 Å². The number of aliphatic hydroxyl groups excluding tert-OH is 1. The van der Waals surface area contributed by atoms with Gasteiger partial charge in [-0.05, 0) is 23.6 Å². The number of aliphatic hydroxyl groups is 1. The van der Waals surface area contributed by atoms with E-state index in [9.17, 15) is 15.2 Å². The SMILES string of the molecule is O=[N+]([O-])c1ccccc1OC[C@@H](O)C[NH2+]C[C@@H]1OCCc2ccccc21. The number of ether oxygens (including phenoxy) is 2. The van der Waals surface area contributed by atoms with Gasteiger partial charge in [-0.1, -0.05) is 36.4 Å². The van der Waals surface area contributed by atoms with Crippen LogP contribution in [0.4, 0.5) is 5.69 Å². The molecule has 0 amide bonds. The van der Waals surface area contributed by atoms with Crippen molar-refractivity contribution in [2.45, 2.75) is 18.6 Å². The highest BCUT2D eigenvalue weighted by Crippen LogP contribution is 2.26. The molecule has 0 bridgehead atoms. The van der Waals surface area contributed by atoms with Crippen molar-refractivity contribution >= 4 is 5.69 Å². The fraction of sp³-hybridized carbons (Fsp3) is 0.368. The number of benzene rings is 2. The molecule has 26 heavy (non-hydrogen) atoms. The van der Waals surface area contributed by atoms with Gasteiger partial charge in [0.05, 0.1) is 11.5 Å². The van der Waals surface area contributed by atoms with Crippen LogP contribution in [0.2, 0.25) is 0 Å². The third-order valence-corrected chi connectivity index (χ3v) is 4.41. The van der Waals surface area contributed by atoms with Crippen molar-refractivity contribution in [2.24, 2.45) is 0 Å². The average molecular weight is 359 g/mol. The molecule has 2 atom stereocenters.